The molecule has 0 N–H and O–H groups in total. The molecule has 4 nitrogen and oxygen atoms in total. The van der Waals surface area contributed by atoms with Gasteiger partial charge in [0.05, 0.1) is 6.26 Å². The van der Waals surface area contributed by atoms with Gasteiger partial charge in [-0.2, -0.15) is 0 Å². The molecule has 4 heteroatoms. The second-order valence-corrected chi connectivity index (χ2v) is 4.98. The standard InChI is InChI=1S/C18H12N2O2/c21-18(13-5-2-1-3-6-13)15-12-20-11-14(8-9-17(20)19-15)16-7-4-10-22-16/h1-12H. The molecule has 4 rings (SSSR count). The molecule has 106 valence electrons. The van der Waals surface area contributed by atoms with Crippen molar-refractivity contribution in [2.75, 3.05) is 0 Å². The molecule has 0 saturated carbocycles. The van der Waals surface area contributed by atoms with Crippen molar-refractivity contribution in [1.82, 2.24) is 9.38 Å². The first kappa shape index (κ1) is 12.6. The largest absolute Gasteiger partial charge is 0.464 e. The van der Waals surface area contributed by atoms with Crippen molar-refractivity contribution in [2.45, 2.75) is 0 Å². The van der Waals surface area contributed by atoms with Crippen molar-refractivity contribution in [3.8, 4) is 11.3 Å². The molecule has 3 aromatic heterocycles. The summed E-state index contributed by atoms with van der Waals surface area (Å²) >= 11 is 0. The van der Waals surface area contributed by atoms with Crippen LogP contribution in [-0.4, -0.2) is 15.2 Å². The third kappa shape index (κ3) is 2.11. The highest BCUT2D eigenvalue weighted by atomic mass is 16.3. The fraction of sp³-hybridized carbons (Fsp3) is 0. The van der Waals surface area contributed by atoms with E-state index in [-0.39, 0.29) is 5.78 Å². The molecule has 0 unspecified atom stereocenters. The Bertz CT molecular complexity index is 938. The lowest BCUT2D eigenvalue weighted by Crippen LogP contribution is -2.00. The topological polar surface area (TPSA) is 47.5 Å². The zero-order valence-corrected chi connectivity index (χ0v) is 11.6. The van der Waals surface area contributed by atoms with Crippen molar-refractivity contribution >= 4 is 11.4 Å². The van der Waals surface area contributed by atoms with E-state index >= 15 is 0 Å². The normalized spacial score (nSPS) is 10.9. The number of hydrogen-bond donors (Lipinski definition) is 0. The molecule has 3 heterocycles. The molecule has 0 aliphatic heterocycles. The molecule has 4 aromatic rings. The van der Waals surface area contributed by atoms with Crippen molar-refractivity contribution in [3.05, 3.63) is 84.5 Å². The number of benzene rings is 1. The minimum Gasteiger partial charge on any atom is -0.464 e. The minimum atomic E-state index is -0.0798. The van der Waals surface area contributed by atoms with Crippen LogP contribution in [0.1, 0.15) is 16.1 Å². The van der Waals surface area contributed by atoms with Gasteiger partial charge >= 0.3 is 0 Å². The minimum absolute atomic E-state index is 0.0798. The van der Waals surface area contributed by atoms with Crippen LogP contribution in [0.2, 0.25) is 0 Å². The summed E-state index contributed by atoms with van der Waals surface area (Å²) in [7, 11) is 0. The van der Waals surface area contributed by atoms with E-state index in [0.717, 1.165) is 17.0 Å². The SMILES string of the molecule is O=C(c1ccccc1)c1cn2cc(-c3ccco3)ccc2n1. The molecule has 0 fully saturated rings. The highest BCUT2D eigenvalue weighted by Gasteiger charge is 2.13. The summed E-state index contributed by atoms with van der Waals surface area (Å²) in [6.45, 7) is 0. The van der Waals surface area contributed by atoms with Crippen LogP contribution >= 0.6 is 0 Å². The number of hydrogen-bond acceptors (Lipinski definition) is 3. The van der Waals surface area contributed by atoms with Gasteiger partial charge < -0.3 is 8.82 Å². The van der Waals surface area contributed by atoms with Crippen molar-refractivity contribution < 1.29 is 9.21 Å². The van der Waals surface area contributed by atoms with Gasteiger partial charge in [-0.1, -0.05) is 30.3 Å². The first-order valence-electron chi connectivity index (χ1n) is 6.94. The van der Waals surface area contributed by atoms with Gasteiger partial charge in [0.1, 0.15) is 17.1 Å². The second kappa shape index (κ2) is 5.00. The molecular formula is C18H12N2O2. The van der Waals surface area contributed by atoms with E-state index in [1.165, 1.54) is 0 Å². The average Bonchev–Trinajstić information content (AvgIpc) is 3.23. The summed E-state index contributed by atoms with van der Waals surface area (Å²) < 4.78 is 7.23. The van der Waals surface area contributed by atoms with E-state index in [9.17, 15) is 4.79 Å². The number of nitrogens with zero attached hydrogens (tertiary/aromatic N) is 2. The fourth-order valence-corrected chi connectivity index (χ4v) is 2.43. The lowest BCUT2D eigenvalue weighted by Gasteiger charge is -1.97. The Morgan fingerprint density at radius 3 is 2.59 bits per heavy atom. The lowest BCUT2D eigenvalue weighted by molar-refractivity contribution is 0.103. The third-order valence-corrected chi connectivity index (χ3v) is 3.53. The molecule has 0 spiro atoms. The molecule has 22 heavy (non-hydrogen) atoms. The molecule has 0 bridgehead atoms. The van der Waals surface area contributed by atoms with E-state index in [1.54, 1.807) is 24.6 Å². The number of aromatic nitrogens is 2. The number of rotatable bonds is 3. The van der Waals surface area contributed by atoms with E-state index in [4.69, 9.17) is 4.42 Å². The second-order valence-electron chi connectivity index (χ2n) is 4.98. The molecule has 0 amide bonds. The zero-order valence-electron chi connectivity index (χ0n) is 11.6. The van der Waals surface area contributed by atoms with E-state index < -0.39 is 0 Å². The van der Waals surface area contributed by atoms with Gasteiger partial charge in [0, 0.05) is 23.5 Å². The van der Waals surface area contributed by atoms with Crippen LogP contribution in [-0.2, 0) is 0 Å². The van der Waals surface area contributed by atoms with Crippen LogP contribution in [0.4, 0.5) is 0 Å². The summed E-state index contributed by atoms with van der Waals surface area (Å²) in [6.07, 6.45) is 5.29. The van der Waals surface area contributed by atoms with Crippen LogP contribution in [0.25, 0.3) is 17.0 Å². The summed E-state index contributed by atoms with van der Waals surface area (Å²) in [5, 5.41) is 0. The van der Waals surface area contributed by atoms with E-state index in [0.29, 0.717) is 11.3 Å². The summed E-state index contributed by atoms with van der Waals surface area (Å²) in [5.41, 5.74) is 2.74. The maximum absolute atomic E-state index is 12.4. The number of carbonyl (C=O) groups is 1. The van der Waals surface area contributed by atoms with Crippen LogP contribution in [0.5, 0.6) is 0 Å². The highest BCUT2D eigenvalue weighted by Crippen LogP contribution is 2.21. The Morgan fingerprint density at radius 2 is 1.82 bits per heavy atom. The average molecular weight is 288 g/mol. The Kier molecular flexibility index (Phi) is 2.86. The molecule has 0 atom stereocenters. The summed E-state index contributed by atoms with van der Waals surface area (Å²) in [6, 6.07) is 16.7. The molecule has 0 aliphatic rings. The maximum Gasteiger partial charge on any atom is 0.212 e. The van der Waals surface area contributed by atoms with Crippen molar-refractivity contribution in [3.63, 3.8) is 0 Å². The Balaban J connectivity index is 1.76. The Hall–Kier alpha value is -3.14. The first-order chi connectivity index (χ1) is 10.8. The predicted octanol–water partition coefficient (Wildman–Crippen LogP) is 3.83. The molecule has 0 saturated heterocycles. The van der Waals surface area contributed by atoms with E-state index in [1.807, 2.05) is 53.1 Å². The number of pyridine rings is 1. The van der Waals surface area contributed by atoms with Gasteiger partial charge in [0.15, 0.2) is 0 Å². The molecular weight excluding hydrogens is 276 g/mol. The van der Waals surface area contributed by atoms with Gasteiger partial charge in [-0.15, -0.1) is 0 Å². The molecule has 0 radical (unpaired) electrons. The highest BCUT2D eigenvalue weighted by molar-refractivity contribution is 6.07. The predicted molar refractivity (Wildman–Crippen MR) is 82.8 cm³/mol. The number of furan rings is 1. The zero-order chi connectivity index (χ0) is 14.9. The van der Waals surface area contributed by atoms with Gasteiger partial charge in [0.2, 0.25) is 5.78 Å². The molecule has 1 aromatic carbocycles. The number of fused-ring (bicyclic) bond motifs is 1. The fourth-order valence-electron chi connectivity index (χ4n) is 2.43. The monoisotopic (exact) mass is 288 g/mol. The van der Waals surface area contributed by atoms with Gasteiger partial charge in [-0.3, -0.25) is 4.79 Å². The first-order valence-corrected chi connectivity index (χ1v) is 6.94. The summed E-state index contributed by atoms with van der Waals surface area (Å²) in [4.78, 5) is 16.8. The van der Waals surface area contributed by atoms with Crippen molar-refractivity contribution in [1.29, 1.82) is 0 Å². The third-order valence-electron chi connectivity index (χ3n) is 3.53. The van der Waals surface area contributed by atoms with E-state index in [2.05, 4.69) is 4.98 Å². The smallest absolute Gasteiger partial charge is 0.212 e. The van der Waals surface area contributed by atoms with Gasteiger partial charge in [0.25, 0.3) is 0 Å². The van der Waals surface area contributed by atoms with Crippen molar-refractivity contribution in [2.24, 2.45) is 0 Å². The number of imidazole rings is 1. The van der Waals surface area contributed by atoms with Crippen LogP contribution < -0.4 is 0 Å². The maximum atomic E-state index is 12.4. The number of ketones is 1. The summed E-state index contributed by atoms with van der Waals surface area (Å²) in [5.74, 6) is 0.704. The quantitative estimate of drug-likeness (QED) is 0.538. The van der Waals surface area contributed by atoms with Gasteiger partial charge in [-0.05, 0) is 24.3 Å². The Labute approximate surface area is 126 Å². The number of carbonyl (C=O) groups excluding carboxylic acids is 1. The lowest BCUT2D eigenvalue weighted by atomic mass is 10.1. The Morgan fingerprint density at radius 1 is 0.955 bits per heavy atom. The van der Waals surface area contributed by atoms with Crippen LogP contribution in [0.3, 0.4) is 0 Å². The van der Waals surface area contributed by atoms with Crippen LogP contribution in [0.15, 0.2) is 77.7 Å². The molecule has 0 aliphatic carbocycles. The van der Waals surface area contributed by atoms with Crippen LogP contribution in [0, 0.1) is 0 Å². The van der Waals surface area contributed by atoms with Gasteiger partial charge in [-0.25, -0.2) is 4.98 Å².